The average molecular weight is 585 g/mol. The minimum absolute atomic E-state index is 0.0150. The standard InChI is InChI=1S/C23H14Cl5F3N2O2/c24-13-3-2-11(8-12(13)21(34)33-17-4-1-10(29)7-16(17)30)32-22(35)19-18(23(19,27)28)9-5-14(25)20(31)15(26)6-9/h1-7,12,18-19H,8H2,(H,32,35)(H,33,34). The van der Waals surface area contributed by atoms with Gasteiger partial charge in [-0.2, -0.15) is 0 Å². The summed E-state index contributed by atoms with van der Waals surface area (Å²) >= 11 is 30.5. The van der Waals surface area contributed by atoms with E-state index in [1.54, 1.807) is 0 Å². The zero-order chi connectivity index (χ0) is 25.7. The highest BCUT2D eigenvalue weighted by molar-refractivity contribution is 6.53. The van der Waals surface area contributed by atoms with E-state index in [2.05, 4.69) is 10.6 Å². The lowest BCUT2D eigenvalue weighted by Crippen LogP contribution is -2.32. The van der Waals surface area contributed by atoms with Crippen LogP contribution >= 0.6 is 58.0 Å². The summed E-state index contributed by atoms with van der Waals surface area (Å²) in [4.78, 5) is 25.6. The molecule has 1 fully saturated rings. The van der Waals surface area contributed by atoms with E-state index in [1.807, 2.05) is 0 Å². The lowest BCUT2D eigenvalue weighted by Gasteiger charge is -2.22. The number of hydrogen-bond acceptors (Lipinski definition) is 2. The minimum atomic E-state index is -1.49. The number of benzene rings is 2. The van der Waals surface area contributed by atoms with E-state index in [4.69, 9.17) is 58.0 Å². The highest BCUT2D eigenvalue weighted by atomic mass is 35.5. The predicted molar refractivity (Wildman–Crippen MR) is 130 cm³/mol. The van der Waals surface area contributed by atoms with Gasteiger partial charge in [0.25, 0.3) is 0 Å². The number of anilines is 1. The first-order valence-electron chi connectivity index (χ1n) is 10.1. The Morgan fingerprint density at radius 3 is 2.20 bits per heavy atom. The molecule has 0 spiro atoms. The second kappa shape index (κ2) is 9.87. The third kappa shape index (κ3) is 5.30. The molecule has 4 nitrogen and oxygen atoms in total. The van der Waals surface area contributed by atoms with Crippen LogP contribution in [0.4, 0.5) is 18.9 Å². The molecule has 2 amide bonds. The zero-order valence-electron chi connectivity index (χ0n) is 17.3. The molecular weight excluding hydrogens is 571 g/mol. The molecule has 0 radical (unpaired) electrons. The van der Waals surface area contributed by atoms with E-state index in [0.29, 0.717) is 17.3 Å². The molecule has 0 aromatic heterocycles. The zero-order valence-corrected chi connectivity index (χ0v) is 21.1. The maximum atomic E-state index is 13.9. The fourth-order valence-electron chi connectivity index (χ4n) is 3.86. The summed E-state index contributed by atoms with van der Waals surface area (Å²) in [6, 6.07) is 5.33. The van der Waals surface area contributed by atoms with Crippen molar-refractivity contribution in [1.82, 2.24) is 5.32 Å². The molecule has 184 valence electrons. The van der Waals surface area contributed by atoms with Crippen molar-refractivity contribution in [3.63, 3.8) is 0 Å². The number of nitrogens with one attached hydrogen (secondary N) is 2. The number of allylic oxidation sites excluding steroid dienone is 3. The Hall–Kier alpha value is -1.90. The molecule has 2 N–H and O–H groups in total. The smallest absolute Gasteiger partial charge is 0.233 e. The summed E-state index contributed by atoms with van der Waals surface area (Å²) in [5.41, 5.74) is 0.516. The Morgan fingerprint density at radius 1 is 0.914 bits per heavy atom. The normalized spacial score (nSPS) is 22.7. The van der Waals surface area contributed by atoms with Crippen LogP contribution in [0.2, 0.25) is 10.0 Å². The summed E-state index contributed by atoms with van der Waals surface area (Å²) in [5, 5.41) is 4.73. The number of hydrogen-bond donors (Lipinski definition) is 2. The molecule has 0 heterocycles. The lowest BCUT2D eigenvalue weighted by atomic mass is 9.96. The molecule has 3 unspecified atom stereocenters. The maximum Gasteiger partial charge on any atom is 0.233 e. The van der Waals surface area contributed by atoms with Gasteiger partial charge >= 0.3 is 0 Å². The SMILES string of the molecule is O=C(Nc1ccc(F)cc1F)C1CC(NC(=O)C2C(c3cc(Cl)c(F)c(Cl)c3)C2(Cl)Cl)=CC=C1Cl. The molecular formula is C23H14Cl5F3N2O2. The van der Waals surface area contributed by atoms with Gasteiger partial charge in [-0.1, -0.05) is 34.8 Å². The van der Waals surface area contributed by atoms with Crippen LogP contribution in [0.1, 0.15) is 17.9 Å². The van der Waals surface area contributed by atoms with Gasteiger partial charge < -0.3 is 10.6 Å². The molecule has 2 aromatic carbocycles. The van der Waals surface area contributed by atoms with Crippen LogP contribution in [-0.2, 0) is 9.59 Å². The molecule has 0 bridgehead atoms. The van der Waals surface area contributed by atoms with Gasteiger partial charge in [0.15, 0.2) is 5.82 Å². The number of halogens is 8. The Bertz CT molecular complexity index is 1270. The molecule has 1 saturated carbocycles. The summed E-state index contributed by atoms with van der Waals surface area (Å²) in [5.74, 6) is -6.28. The van der Waals surface area contributed by atoms with Crippen molar-refractivity contribution in [2.75, 3.05) is 5.32 Å². The van der Waals surface area contributed by atoms with Crippen molar-refractivity contribution in [2.45, 2.75) is 16.7 Å². The van der Waals surface area contributed by atoms with E-state index in [9.17, 15) is 22.8 Å². The molecule has 12 heteroatoms. The van der Waals surface area contributed by atoms with Gasteiger partial charge in [-0.15, -0.1) is 23.2 Å². The van der Waals surface area contributed by atoms with Crippen LogP contribution < -0.4 is 10.6 Å². The number of rotatable bonds is 5. The topological polar surface area (TPSA) is 58.2 Å². The number of carbonyl (C=O) groups is 2. The van der Waals surface area contributed by atoms with Gasteiger partial charge in [0.2, 0.25) is 11.8 Å². The highest BCUT2D eigenvalue weighted by Gasteiger charge is 2.67. The Labute approximate surface area is 223 Å². The highest BCUT2D eigenvalue weighted by Crippen LogP contribution is 2.65. The lowest BCUT2D eigenvalue weighted by molar-refractivity contribution is -0.122. The second-order valence-electron chi connectivity index (χ2n) is 8.03. The Balaban J connectivity index is 1.45. The summed E-state index contributed by atoms with van der Waals surface area (Å²) in [6.45, 7) is 0. The van der Waals surface area contributed by atoms with Crippen LogP contribution in [0.15, 0.2) is 53.2 Å². The molecule has 3 atom stereocenters. The van der Waals surface area contributed by atoms with Gasteiger partial charge in [-0.3, -0.25) is 9.59 Å². The van der Waals surface area contributed by atoms with Crippen molar-refractivity contribution < 1.29 is 22.8 Å². The molecule has 2 aliphatic carbocycles. The molecule has 35 heavy (non-hydrogen) atoms. The third-order valence-corrected chi connectivity index (χ3v) is 7.57. The van der Waals surface area contributed by atoms with Gasteiger partial charge in [-0.05, 0) is 42.0 Å². The van der Waals surface area contributed by atoms with Gasteiger partial charge in [0, 0.05) is 29.1 Å². The van der Waals surface area contributed by atoms with Gasteiger partial charge in [0.1, 0.15) is 16.0 Å². The Kier molecular flexibility index (Phi) is 7.38. The molecule has 4 rings (SSSR count). The van der Waals surface area contributed by atoms with E-state index in [-0.39, 0.29) is 27.2 Å². The summed E-state index contributed by atoms with van der Waals surface area (Å²) in [6.07, 6.45) is 2.92. The average Bonchev–Trinajstić information content (AvgIpc) is 3.37. The maximum absolute atomic E-state index is 13.9. The van der Waals surface area contributed by atoms with E-state index < -0.39 is 51.4 Å². The Morgan fingerprint density at radius 2 is 1.57 bits per heavy atom. The first-order chi connectivity index (χ1) is 16.4. The van der Waals surface area contributed by atoms with Crippen molar-refractivity contribution in [3.05, 3.63) is 86.3 Å². The quantitative estimate of drug-likeness (QED) is 0.292. The minimum Gasteiger partial charge on any atom is -0.329 e. The van der Waals surface area contributed by atoms with Crippen molar-refractivity contribution in [2.24, 2.45) is 11.8 Å². The first-order valence-corrected chi connectivity index (χ1v) is 11.9. The van der Waals surface area contributed by atoms with Crippen LogP contribution in [0, 0.1) is 29.3 Å². The first kappa shape index (κ1) is 26.2. The van der Waals surface area contributed by atoms with Crippen molar-refractivity contribution >= 4 is 75.5 Å². The van der Waals surface area contributed by atoms with E-state index in [1.165, 1.54) is 24.3 Å². The summed E-state index contributed by atoms with van der Waals surface area (Å²) in [7, 11) is 0. The largest absolute Gasteiger partial charge is 0.329 e. The fraction of sp³-hybridized carbons (Fsp3) is 0.217. The molecule has 2 aromatic rings. The number of amides is 2. The summed E-state index contributed by atoms with van der Waals surface area (Å²) < 4.78 is 39.3. The van der Waals surface area contributed by atoms with Crippen LogP contribution in [0.3, 0.4) is 0 Å². The van der Waals surface area contributed by atoms with Crippen LogP contribution in [-0.4, -0.2) is 16.1 Å². The predicted octanol–water partition coefficient (Wildman–Crippen LogP) is 7.08. The van der Waals surface area contributed by atoms with Gasteiger partial charge in [-0.25, -0.2) is 13.2 Å². The second-order valence-corrected chi connectivity index (χ2v) is 10.7. The number of carbonyl (C=O) groups excluding carboxylic acids is 2. The van der Waals surface area contributed by atoms with Crippen molar-refractivity contribution in [1.29, 1.82) is 0 Å². The van der Waals surface area contributed by atoms with Crippen LogP contribution in [0.25, 0.3) is 0 Å². The number of alkyl halides is 2. The monoisotopic (exact) mass is 582 g/mol. The van der Waals surface area contributed by atoms with E-state index in [0.717, 1.165) is 12.1 Å². The third-order valence-electron chi connectivity index (χ3n) is 5.69. The fourth-order valence-corrected chi connectivity index (χ4v) is 5.43. The van der Waals surface area contributed by atoms with Crippen molar-refractivity contribution in [3.8, 4) is 0 Å². The molecule has 0 saturated heterocycles. The van der Waals surface area contributed by atoms with Gasteiger partial charge in [0.05, 0.1) is 27.6 Å². The molecule has 2 aliphatic rings. The van der Waals surface area contributed by atoms with E-state index >= 15 is 0 Å². The van der Waals surface area contributed by atoms with Crippen LogP contribution in [0.5, 0.6) is 0 Å². The molecule has 0 aliphatic heterocycles.